The molecule has 0 aliphatic heterocycles. The van der Waals surface area contributed by atoms with E-state index in [1.165, 1.54) is 0 Å². The predicted octanol–water partition coefficient (Wildman–Crippen LogP) is 3.85. The summed E-state index contributed by atoms with van der Waals surface area (Å²) in [7, 11) is 0. The van der Waals surface area contributed by atoms with E-state index in [4.69, 9.17) is 9.30 Å². The van der Waals surface area contributed by atoms with Gasteiger partial charge in [0, 0.05) is 35.1 Å². The van der Waals surface area contributed by atoms with Crippen LogP contribution in [0.5, 0.6) is 0 Å². The van der Waals surface area contributed by atoms with Gasteiger partial charge in [-0.3, -0.25) is 4.79 Å². The monoisotopic (exact) mass is 379 g/mol. The molecule has 132 valence electrons. The van der Waals surface area contributed by atoms with E-state index in [-0.39, 0.29) is 28.5 Å². The second-order valence-corrected chi connectivity index (χ2v) is 5.45. The van der Waals surface area contributed by atoms with Gasteiger partial charge in [-0.25, -0.2) is 0 Å². The molecule has 1 amide bonds. The maximum Gasteiger partial charge on any atom is 0.00506 e. The van der Waals surface area contributed by atoms with Gasteiger partial charge in [0.1, 0.15) is 0 Å². The Morgan fingerprint density at radius 2 is 1.44 bits per heavy atom. The number of benzene rings is 1. The molecule has 2 radical (unpaired) electrons. The number of hydrogen-bond donors (Lipinski definition) is 1. The SMILES string of the molecule is CC(C)(C)NC(=O)C=Cc1ccccc1.[C-]#[O+].[C-]#[O+].[CH]1C=CC=C1.[Mn]. The molecule has 0 heterocycles. The number of hydrogen-bond acceptors (Lipinski definition) is 1. The van der Waals surface area contributed by atoms with Crippen LogP contribution in [0.3, 0.4) is 0 Å². The summed E-state index contributed by atoms with van der Waals surface area (Å²) in [6.07, 6.45) is 13.4. The molecule has 0 bridgehead atoms. The standard InChI is InChI=1S/C13H17NO.C5H5.2CO.Mn/c1-13(2,3)14-12(15)10-9-11-7-5-4-6-8-11;1-2-4-5-3-1;2*1-2;/h4-10H,1-3H3,(H,14,15);1-5H;;;. The van der Waals surface area contributed by atoms with Gasteiger partial charge >= 0.3 is 22.6 Å². The summed E-state index contributed by atoms with van der Waals surface area (Å²) in [4.78, 5) is 11.4. The first kappa shape index (κ1) is 27.7. The molecular weight excluding hydrogens is 357 g/mol. The van der Waals surface area contributed by atoms with Crippen molar-refractivity contribution in [2.45, 2.75) is 26.3 Å². The molecule has 0 atom stereocenters. The quantitative estimate of drug-likeness (QED) is 0.361. The van der Waals surface area contributed by atoms with Crippen LogP contribution in [0.4, 0.5) is 0 Å². The van der Waals surface area contributed by atoms with Crippen molar-refractivity contribution in [3.63, 3.8) is 0 Å². The van der Waals surface area contributed by atoms with Crippen molar-refractivity contribution in [2.75, 3.05) is 0 Å². The Bertz CT molecular complexity index is 563. The molecular formula is C20H22MnNO3. The Hall–Kier alpha value is -2.09. The van der Waals surface area contributed by atoms with Crippen LogP contribution in [0, 0.1) is 19.7 Å². The molecule has 1 N–H and O–H groups in total. The molecule has 1 aromatic rings. The first-order chi connectivity index (χ1) is 11.5. The minimum absolute atomic E-state index is 0. The van der Waals surface area contributed by atoms with E-state index in [1.807, 2.05) is 81.8 Å². The minimum Gasteiger partial charge on any atom is -0.0767 e. The van der Waals surface area contributed by atoms with Crippen molar-refractivity contribution >= 4 is 12.0 Å². The summed E-state index contributed by atoms with van der Waals surface area (Å²) in [5.41, 5.74) is 0.847. The smallest absolute Gasteiger partial charge is 0.00506 e. The number of allylic oxidation sites excluding steroid dienone is 4. The Labute approximate surface area is 161 Å². The van der Waals surface area contributed by atoms with E-state index in [0.29, 0.717) is 0 Å². The Kier molecular flexibility index (Phi) is 20.3. The molecule has 0 saturated carbocycles. The number of carbonyl (C=O) groups excluding carboxylic acids is 1. The van der Waals surface area contributed by atoms with Gasteiger partial charge in [-0.05, 0) is 32.4 Å². The van der Waals surface area contributed by atoms with Crippen LogP contribution in [0.1, 0.15) is 26.3 Å². The summed E-state index contributed by atoms with van der Waals surface area (Å²) in [6.45, 7) is 14.9. The summed E-state index contributed by atoms with van der Waals surface area (Å²) in [5, 5.41) is 2.86. The molecule has 0 saturated heterocycles. The van der Waals surface area contributed by atoms with Crippen molar-refractivity contribution in [1.82, 2.24) is 5.32 Å². The van der Waals surface area contributed by atoms with E-state index in [0.717, 1.165) is 5.56 Å². The summed E-state index contributed by atoms with van der Waals surface area (Å²) in [6, 6.07) is 9.76. The van der Waals surface area contributed by atoms with Gasteiger partial charge in [-0.1, -0.05) is 54.6 Å². The summed E-state index contributed by atoms with van der Waals surface area (Å²) >= 11 is 0. The third kappa shape index (κ3) is 19.9. The zero-order valence-electron chi connectivity index (χ0n) is 14.5. The average molecular weight is 379 g/mol. The zero-order valence-corrected chi connectivity index (χ0v) is 15.7. The molecule has 0 unspecified atom stereocenters. The Morgan fingerprint density at radius 3 is 1.80 bits per heavy atom. The molecule has 1 aliphatic carbocycles. The molecule has 4 nitrogen and oxygen atoms in total. The fourth-order valence-electron chi connectivity index (χ4n) is 1.47. The normalized spacial score (nSPS) is 10.7. The van der Waals surface area contributed by atoms with Crippen LogP contribution >= 0.6 is 0 Å². The maximum absolute atomic E-state index is 11.4. The molecule has 1 aromatic carbocycles. The third-order valence-corrected chi connectivity index (χ3v) is 2.28. The van der Waals surface area contributed by atoms with Crippen molar-refractivity contribution in [3.05, 3.63) is 86.0 Å². The van der Waals surface area contributed by atoms with E-state index in [1.54, 1.807) is 12.2 Å². The van der Waals surface area contributed by atoms with Crippen LogP contribution in [0.15, 0.2) is 60.7 Å². The number of nitrogens with one attached hydrogen (secondary N) is 1. The van der Waals surface area contributed by atoms with Crippen molar-refractivity contribution in [1.29, 1.82) is 0 Å². The van der Waals surface area contributed by atoms with Crippen molar-refractivity contribution in [3.8, 4) is 0 Å². The predicted molar refractivity (Wildman–Crippen MR) is 93.8 cm³/mol. The minimum atomic E-state index is -0.182. The van der Waals surface area contributed by atoms with Gasteiger partial charge in [-0.2, -0.15) is 0 Å². The van der Waals surface area contributed by atoms with Crippen LogP contribution in [-0.4, -0.2) is 11.4 Å². The van der Waals surface area contributed by atoms with Crippen LogP contribution in [0.2, 0.25) is 0 Å². The van der Waals surface area contributed by atoms with Crippen molar-refractivity contribution in [2.24, 2.45) is 0 Å². The molecule has 5 heteroatoms. The van der Waals surface area contributed by atoms with Crippen LogP contribution in [0.25, 0.3) is 6.08 Å². The first-order valence-electron chi connectivity index (χ1n) is 7.10. The third-order valence-electron chi connectivity index (χ3n) is 2.28. The summed E-state index contributed by atoms with van der Waals surface area (Å²) < 4.78 is 15.0. The fraction of sp³-hybridized carbons (Fsp3) is 0.200. The van der Waals surface area contributed by atoms with Gasteiger partial charge in [0.05, 0.1) is 0 Å². The van der Waals surface area contributed by atoms with Crippen LogP contribution in [-0.2, 0) is 31.2 Å². The van der Waals surface area contributed by atoms with Gasteiger partial charge in [0.25, 0.3) is 0 Å². The molecule has 0 fully saturated rings. The zero-order chi connectivity index (χ0) is 18.8. The van der Waals surface area contributed by atoms with Gasteiger partial charge in [0.2, 0.25) is 5.91 Å². The molecule has 2 rings (SSSR count). The Balaban J connectivity index is -0.000000404. The topological polar surface area (TPSA) is 68.9 Å². The molecule has 0 aromatic heterocycles. The van der Waals surface area contributed by atoms with E-state index >= 15 is 0 Å². The van der Waals surface area contributed by atoms with E-state index in [2.05, 4.69) is 18.6 Å². The second-order valence-electron chi connectivity index (χ2n) is 5.45. The average Bonchev–Trinajstić information content (AvgIpc) is 3.16. The molecule has 0 spiro atoms. The van der Waals surface area contributed by atoms with Crippen LogP contribution < -0.4 is 5.32 Å². The molecule has 1 aliphatic rings. The number of rotatable bonds is 2. The van der Waals surface area contributed by atoms with Crippen molar-refractivity contribution < 1.29 is 31.2 Å². The fourth-order valence-corrected chi connectivity index (χ4v) is 1.47. The van der Waals surface area contributed by atoms with Gasteiger partial charge in [0.15, 0.2) is 0 Å². The Morgan fingerprint density at radius 1 is 0.960 bits per heavy atom. The maximum atomic E-state index is 11.4. The molecule has 25 heavy (non-hydrogen) atoms. The van der Waals surface area contributed by atoms with E-state index in [9.17, 15) is 4.79 Å². The largest absolute Gasteiger partial charge is 0.0767 e. The van der Waals surface area contributed by atoms with Gasteiger partial charge < -0.3 is 5.32 Å². The second kappa shape index (κ2) is 18.3. The summed E-state index contributed by atoms with van der Waals surface area (Å²) in [5.74, 6) is -0.0636. The van der Waals surface area contributed by atoms with Gasteiger partial charge in [-0.15, -0.1) is 0 Å². The number of carbonyl (C=O) groups is 1. The van der Waals surface area contributed by atoms with E-state index < -0.39 is 0 Å². The number of amides is 1. The first-order valence-corrected chi connectivity index (χ1v) is 7.10.